The summed E-state index contributed by atoms with van der Waals surface area (Å²) in [6.45, 7) is 25.5. The van der Waals surface area contributed by atoms with Crippen molar-refractivity contribution in [2.24, 2.45) is 0 Å². The Morgan fingerprint density at radius 3 is 1.30 bits per heavy atom. The Morgan fingerprint density at radius 2 is 0.871 bits per heavy atom. The normalized spacial score (nSPS) is 13.6. The summed E-state index contributed by atoms with van der Waals surface area (Å²) in [5, 5.41) is 7.54. The Hall–Kier alpha value is -6.80. The van der Waals surface area contributed by atoms with Crippen LogP contribution < -0.4 is 26.2 Å². The fourth-order valence-corrected chi connectivity index (χ4v) is 14.4. The van der Waals surface area contributed by atoms with Crippen molar-refractivity contribution in [1.29, 1.82) is 0 Å². The number of hydrogen-bond donors (Lipinski definition) is 0. The third-order valence-electron chi connectivity index (χ3n) is 15.4. The van der Waals surface area contributed by atoms with E-state index < -0.39 is 0 Å². The molecular formula is C63H55BN2O2S2. The highest BCUT2D eigenvalue weighted by atomic mass is 32.1. The molecule has 4 nitrogen and oxygen atoms in total. The Kier molecular flexibility index (Phi) is 9.33. The van der Waals surface area contributed by atoms with Gasteiger partial charge in [-0.2, -0.15) is 0 Å². The number of benzene rings is 7. The average Bonchev–Trinajstić information content (AvgIpc) is 4.13. The van der Waals surface area contributed by atoms with E-state index in [4.69, 9.17) is 8.83 Å². The quantitative estimate of drug-likeness (QED) is 0.165. The smallest absolute Gasteiger partial charge is 0.256 e. The lowest BCUT2D eigenvalue weighted by molar-refractivity contribution is 0.591. The predicted molar refractivity (Wildman–Crippen MR) is 303 cm³/mol. The van der Waals surface area contributed by atoms with Gasteiger partial charge in [0.1, 0.15) is 11.2 Å². The zero-order chi connectivity index (χ0) is 48.3. The SMILES string of the molecule is Cc1cc2c3c(c1)N(c1c(C)ccc(-c4coc5ccccc45)c1C)c1sc4ccc(C(C)(C)C)cc4c1B3c1c(sc3ccc(C(C)(C)C)cc13)N2c1c(C)ccc(-c2coc3ccccc23)c1C. The number of nitrogens with zero attached hydrogens (tertiary/aromatic N) is 2. The van der Waals surface area contributed by atoms with E-state index >= 15 is 0 Å². The van der Waals surface area contributed by atoms with Crippen LogP contribution in [0.25, 0.3) is 64.4 Å². The molecule has 6 heterocycles. The Labute approximate surface area is 418 Å². The Bertz CT molecular complexity index is 3760. The van der Waals surface area contributed by atoms with Crippen LogP contribution in [0, 0.1) is 34.6 Å². The van der Waals surface area contributed by atoms with Crippen LogP contribution in [-0.2, 0) is 10.8 Å². The minimum Gasteiger partial charge on any atom is -0.464 e. The molecule has 344 valence electrons. The van der Waals surface area contributed by atoms with Gasteiger partial charge in [0, 0.05) is 42.7 Å². The van der Waals surface area contributed by atoms with Gasteiger partial charge in [0.25, 0.3) is 6.71 Å². The molecular weight excluding hydrogens is 892 g/mol. The molecule has 2 aliphatic heterocycles. The molecule has 11 aromatic rings. The van der Waals surface area contributed by atoms with E-state index in [1.807, 2.05) is 35.2 Å². The van der Waals surface area contributed by atoms with Gasteiger partial charge >= 0.3 is 0 Å². The summed E-state index contributed by atoms with van der Waals surface area (Å²) in [6.07, 6.45) is 3.90. The summed E-state index contributed by atoms with van der Waals surface area (Å²) in [5.74, 6) is 0. The predicted octanol–water partition coefficient (Wildman–Crippen LogP) is 17.2. The standard InChI is InChI=1S/C63H55BN2O2S2/c1-34-28-49-57-50(29-34)66(59-36(3)21-25-42(38(59)5)48-33-68-52-19-15-13-17-44(48)52)61-56(46-31-40(63(9,10)11)23-27-54(46)70-61)64(57)55-45-30-39(62(6,7)8)22-26-53(45)69-60(55)65(49)58-35(2)20-24-41(37(58)4)47-32-67-51-18-14-12-16-43(47)51/h12-33H,1-11H3. The van der Waals surface area contributed by atoms with Gasteiger partial charge in [-0.1, -0.05) is 126 Å². The summed E-state index contributed by atoms with van der Waals surface area (Å²) >= 11 is 3.89. The minimum absolute atomic E-state index is 0.0285. The second-order valence-electron chi connectivity index (χ2n) is 22.0. The lowest BCUT2D eigenvalue weighted by Gasteiger charge is -2.43. The molecule has 70 heavy (non-hydrogen) atoms. The first-order chi connectivity index (χ1) is 33.6. The Morgan fingerprint density at radius 1 is 0.443 bits per heavy atom. The number of para-hydroxylation sites is 2. The molecule has 0 radical (unpaired) electrons. The van der Waals surface area contributed by atoms with Crippen molar-refractivity contribution in [2.75, 3.05) is 9.80 Å². The second kappa shape index (κ2) is 15.1. The van der Waals surface area contributed by atoms with Crippen LogP contribution in [0.1, 0.15) is 80.5 Å². The first-order valence-electron chi connectivity index (χ1n) is 24.6. The first-order valence-corrected chi connectivity index (χ1v) is 26.2. The molecule has 0 N–H and O–H groups in total. The zero-order valence-corrected chi connectivity index (χ0v) is 43.4. The molecule has 0 unspecified atom stereocenters. The van der Waals surface area contributed by atoms with Gasteiger partial charge in [0.05, 0.1) is 33.9 Å². The lowest BCUT2D eigenvalue weighted by atomic mass is 9.33. The number of fused-ring (bicyclic) bond motifs is 10. The van der Waals surface area contributed by atoms with Crippen LogP contribution in [0.5, 0.6) is 0 Å². The largest absolute Gasteiger partial charge is 0.464 e. The maximum Gasteiger partial charge on any atom is 0.256 e. The maximum atomic E-state index is 6.23. The number of anilines is 6. The molecule has 4 aromatic heterocycles. The lowest BCUT2D eigenvalue weighted by Crippen LogP contribution is -2.60. The van der Waals surface area contributed by atoms with Crippen LogP contribution >= 0.6 is 22.7 Å². The van der Waals surface area contributed by atoms with E-state index in [-0.39, 0.29) is 17.5 Å². The summed E-state index contributed by atoms with van der Waals surface area (Å²) in [4.78, 5) is 5.34. The number of furan rings is 2. The van der Waals surface area contributed by atoms with Gasteiger partial charge in [-0.3, -0.25) is 0 Å². The van der Waals surface area contributed by atoms with E-state index in [0.29, 0.717) is 0 Å². The van der Waals surface area contributed by atoms with Gasteiger partial charge in [0.2, 0.25) is 0 Å². The van der Waals surface area contributed by atoms with Crippen molar-refractivity contribution >= 4 is 121 Å². The highest BCUT2D eigenvalue weighted by Gasteiger charge is 2.48. The molecule has 0 saturated carbocycles. The highest BCUT2D eigenvalue weighted by molar-refractivity contribution is 7.29. The molecule has 0 aliphatic carbocycles. The molecule has 13 rings (SSSR count). The molecule has 2 aliphatic rings. The fraction of sp³-hybridized carbons (Fsp3) is 0.206. The van der Waals surface area contributed by atoms with Crippen molar-refractivity contribution in [3.05, 3.63) is 173 Å². The fourth-order valence-electron chi connectivity index (χ4n) is 11.9. The van der Waals surface area contributed by atoms with Gasteiger partial charge in [0.15, 0.2) is 0 Å². The minimum atomic E-state index is -0.0297. The van der Waals surface area contributed by atoms with E-state index in [1.54, 1.807) is 0 Å². The van der Waals surface area contributed by atoms with Gasteiger partial charge in [-0.15, -0.1) is 22.7 Å². The topological polar surface area (TPSA) is 32.8 Å². The number of thiophene rings is 2. The molecule has 0 amide bonds. The molecule has 7 heteroatoms. The van der Waals surface area contributed by atoms with Crippen molar-refractivity contribution in [3.63, 3.8) is 0 Å². The second-order valence-corrected chi connectivity index (χ2v) is 24.0. The van der Waals surface area contributed by atoms with Gasteiger partial charge in [-0.25, -0.2) is 0 Å². The average molecular weight is 947 g/mol. The van der Waals surface area contributed by atoms with Crippen molar-refractivity contribution in [3.8, 4) is 22.3 Å². The van der Waals surface area contributed by atoms with Crippen LogP contribution in [0.15, 0.2) is 143 Å². The van der Waals surface area contributed by atoms with Gasteiger partial charge in [-0.05, 0) is 159 Å². The number of hydrogen-bond acceptors (Lipinski definition) is 6. The maximum absolute atomic E-state index is 6.23. The van der Waals surface area contributed by atoms with E-state index in [1.165, 1.54) is 119 Å². The third-order valence-corrected chi connectivity index (χ3v) is 17.8. The van der Waals surface area contributed by atoms with Crippen LogP contribution in [-0.4, -0.2) is 6.71 Å². The third kappa shape index (κ3) is 6.20. The molecule has 0 spiro atoms. The molecule has 0 fully saturated rings. The molecule has 0 saturated heterocycles. The molecule has 0 atom stereocenters. The van der Waals surface area contributed by atoms with Crippen molar-refractivity contribution in [1.82, 2.24) is 0 Å². The van der Waals surface area contributed by atoms with Crippen LogP contribution in [0.3, 0.4) is 0 Å². The van der Waals surface area contributed by atoms with Crippen molar-refractivity contribution in [2.45, 2.75) is 87.0 Å². The summed E-state index contributed by atoms with van der Waals surface area (Å²) < 4.78 is 15.1. The van der Waals surface area contributed by atoms with E-state index in [2.05, 4.69) is 207 Å². The highest BCUT2D eigenvalue weighted by Crippen LogP contribution is 2.54. The monoisotopic (exact) mass is 946 g/mol. The molecule has 0 bridgehead atoms. The van der Waals surface area contributed by atoms with Crippen molar-refractivity contribution < 1.29 is 8.83 Å². The molecule has 7 aromatic carbocycles. The zero-order valence-electron chi connectivity index (χ0n) is 41.8. The first kappa shape index (κ1) is 43.2. The van der Waals surface area contributed by atoms with E-state index in [0.717, 1.165) is 33.1 Å². The number of rotatable bonds is 4. The van der Waals surface area contributed by atoms with E-state index in [9.17, 15) is 0 Å². The van der Waals surface area contributed by atoms with Gasteiger partial charge < -0.3 is 18.6 Å². The van der Waals surface area contributed by atoms with Crippen LogP contribution in [0.4, 0.5) is 32.8 Å². The summed E-state index contributed by atoms with van der Waals surface area (Å²) in [6, 6.07) is 45.6. The summed E-state index contributed by atoms with van der Waals surface area (Å²) in [7, 11) is 0. The Balaban J connectivity index is 1.17. The van der Waals surface area contributed by atoms with Crippen LogP contribution in [0.2, 0.25) is 0 Å². The summed E-state index contributed by atoms with van der Waals surface area (Å²) in [5.41, 5.74) is 24.3. The number of aryl methyl sites for hydroxylation is 3.